The van der Waals surface area contributed by atoms with Crippen LogP contribution in [0.5, 0.6) is 0 Å². The van der Waals surface area contributed by atoms with E-state index in [4.69, 9.17) is 64.1 Å². The first-order valence-corrected chi connectivity index (χ1v) is 29.4. The van der Waals surface area contributed by atoms with Crippen LogP contribution in [-0.4, -0.2) is 47.0 Å². The molecular weight excluding hydrogens is 1320 g/mol. The Morgan fingerprint density at radius 3 is 1.35 bits per heavy atom. The van der Waals surface area contributed by atoms with Crippen LogP contribution in [0, 0.1) is 54.2 Å². The molecule has 0 aliphatic carbocycles. The van der Waals surface area contributed by atoms with Crippen molar-refractivity contribution in [2.24, 2.45) is 5.41 Å². The normalized spacial score (nSPS) is 10.5. The number of anilines is 7. The molecule has 0 saturated heterocycles. The van der Waals surface area contributed by atoms with Gasteiger partial charge in [0.1, 0.15) is 23.3 Å². The maximum absolute atomic E-state index is 13.2. The Kier molecular flexibility index (Phi) is 24.3. The van der Waals surface area contributed by atoms with E-state index in [-0.39, 0.29) is 46.6 Å². The highest BCUT2D eigenvalue weighted by Crippen LogP contribution is 2.34. The summed E-state index contributed by atoms with van der Waals surface area (Å²) in [5, 5.41) is 28.5. The van der Waals surface area contributed by atoms with Gasteiger partial charge in [0.25, 0.3) is 0 Å². The Morgan fingerprint density at radius 1 is 0.404 bits per heavy atom. The SMILES string of the molecule is CC(C)(C)C(=O)Nc1oncc1-c1ccc(F)cc1.Cc1noc(N)c1-c1ccc(Cl)cc1.Cc1noc(N)c1-c1ccccc1.Nc1oncc1-c1ccc(F)c(F)c1.Nc1oncc1-c1ccc(F)cc1F.Nc1oncc1-c1cccc(F)c1.Nc1oncc1-c1ccccn1. The van der Waals surface area contributed by atoms with Crippen molar-refractivity contribution in [1.29, 1.82) is 0 Å². The summed E-state index contributed by atoms with van der Waals surface area (Å²) in [4.78, 5) is 16.0. The number of hydrogen-bond acceptors (Lipinski definition) is 22. The molecule has 30 heteroatoms. The van der Waals surface area contributed by atoms with Gasteiger partial charge in [0.2, 0.25) is 47.1 Å². The Bertz CT molecular complexity index is 4840. The van der Waals surface area contributed by atoms with Gasteiger partial charge in [-0.1, -0.05) is 147 Å². The number of rotatable bonds is 8. The van der Waals surface area contributed by atoms with Gasteiger partial charge in [0.05, 0.1) is 87.0 Å². The van der Waals surface area contributed by atoms with Crippen LogP contribution < -0.4 is 39.7 Å². The van der Waals surface area contributed by atoms with Crippen LogP contribution >= 0.6 is 11.6 Å². The van der Waals surface area contributed by atoms with Gasteiger partial charge in [0.15, 0.2) is 11.6 Å². The number of pyridine rings is 1. The first-order valence-electron chi connectivity index (χ1n) is 29.0. The molecule has 0 unspecified atom stereocenters. The molecule has 1 amide bonds. The fourth-order valence-corrected chi connectivity index (χ4v) is 8.65. The number of amides is 1. The molecule has 8 aromatic heterocycles. The van der Waals surface area contributed by atoms with Gasteiger partial charge in [0, 0.05) is 28.3 Å². The minimum atomic E-state index is -0.928. The highest BCUT2D eigenvalue weighted by Gasteiger charge is 2.24. The number of nitrogen functional groups attached to an aromatic ring is 6. The number of nitrogens with one attached hydrogen (secondary N) is 1. The predicted octanol–water partition coefficient (Wildman–Crippen LogP) is 16.4. The average Bonchev–Trinajstić information content (AvgIpc) is 1.76. The summed E-state index contributed by atoms with van der Waals surface area (Å²) >= 11 is 5.78. The summed E-state index contributed by atoms with van der Waals surface area (Å²) in [7, 11) is 0. The molecule has 0 spiro atoms. The van der Waals surface area contributed by atoms with E-state index in [1.54, 1.807) is 57.4 Å². The third-order valence-electron chi connectivity index (χ3n) is 13.5. The zero-order valence-electron chi connectivity index (χ0n) is 52.9. The molecule has 23 nitrogen and oxygen atoms in total. The number of aryl methyl sites for hydroxylation is 2. The van der Waals surface area contributed by atoms with Gasteiger partial charge in [-0.2, -0.15) is 0 Å². The van der Waals surface area contributed by atoms with Crippen molar-refractivity contribution in [2.45, 2.75) is 34.6 Å². The second kappa shape index (κ2) is 33.5. The summed E-state index contributed by atoms with van der Waals surface area (Å²) in [5.74, 6) is -2.38. The molecule has 6 aromatic carbocycles. The zero-order chi connectivity index (χ0) is 71.3. The van der Waals surface area contributed by atoms with Crippen molar-refractivity contribution in [3.8, 4) is 78.0 Å². The second-order valence-electron chi connectivity index (χ2n) is 21.6. The molecule has 14 aromatic rings. The van der Waals surface area contributed by atoms with Gasteiger partial charge in [-0.3, -0.25) is 15.1 Å². The number of nitrogens with two attached hydrogens (primary N) is 6. The predicted molar refractivity (Wildman–Crippen MR) is 360 cm³/mol. The molecule has 0 bridgehead atoms. The Morgan fingerprint density at radius 2 is 0.869 bits per heavy atom. The van der Waals surface area contributed by atoms with E-state index < -0.39 is 28.7 Å². The van der Waals surface area contributed by atoms with E-state index in [0.717, 1.165) is 74.7 Å². The van der Waals surface area contributed by atoms with Crippen molar-refractivity contribution in [2.75, 3.05) is 39.7 Å². The molecule has 99 heavy (non-hydrogen) atoms. The van der Waals surface area contributed by atoms with E-state index in [1.165, 1.54) is 61.2 Å². The third kappa shape index (κ3) is 19.6. The summed E-state index contributed by atoms with van der Waals surface area (Å²) in [6, 6.07) is 41.5. The van der Waals surface area contributed by atoms with Crippen molar-refractivity contribution < 1.29 is 62.8 Å². The number of benzene rings is 6. The van der Waals surface area contributed by atoms with Gasteiger partial charge < -0.3 is 66.1 Å². The zero-order valence-corrected chi connectivity index (χ0v) is 53.7. The first kappa shape index (κ1) is 71.9. The molecular formula is C69H60ClF6N15O8. The lowest BCUT2D eigenvalue weighted by Gasteiger charge is -2.16. The van der Waals surface area contributed by atoms with E-state index in [2.05, 4.69) is 60.0 Å². The van der Waals surface area contributed by atoms with E-state index in [1.807, 2.05) is 86.6 Å². The molecule has 14 rings (SSSR count). The lowest BCUT2D eigenvalue weighted by molar-refractivity contribution is -0.123. The first-order chi connectivity index (χ1) is 47.4. The van der Waals surface area contributed by atoms with Crippen LogP contribution in [0.4, 0.5) is 67.5 Å². The highest BCUT2D eigenvalue weighted by molar-refractivity contribution is 6.30. The monoisotopic (exact) mass is 1380 g/mol. The van der Waals surface area contributed by atoms with Gasteiger partial charge in [-0.05, 0) is 114 Å². The number of carbonyl (C=O) groups excluding carboxylic acids is 1. The summed E-state index contributed by atoms with van der Waals surface area (Å²) in [6.07, 6.45) is 8.84. The highest BCUT2D eigenvalue weighted by atomic mass is 35.5. The van der Waals surface area contributed by atoms with Crippen LogP contribution in [0.1, 0.15) is 32.2 Å². The fourth-order valence-electron chi connectivity index (χ4n) is 8.53. The van der Waals surface area contributed by atoms with Crippen molar-refractivity contribution in [3.05, 3.63) is 246 Å². The van der Waals surface area contributed by atoms with Crippen LogP contribution in [0.3, 0.4) is 0 Å². The standard InChI is InChI=1S/C14H15FN2O2.C10H9ClN2O.C10H10N2O.2C9H6F2N2O.C9H7FN2O.C8H7N3O/c1-14(2,3)13(18)17-12-11(8-16-19-12)9-4-6-10(15)7-5-9;1-6-9(10(12)14-13-6)7-2-4-8(11)5-3-7;1-7-9(10(11)13-12-7)8-5-3-2-4-6-8;10-7-2-1-5(3-8(7)11)6-4-13-14-9(6)12;10-5-1-2-6(8(11)3-5)7-4-13-14-9(7)12;10-7-3-1-2-6(4-7)8-5-12-13-9(8)11;9-8-6(5-11-12-8)7-3-1-2-4-10-7/h4-8H,1-3H3,(H,17,18);2-5H,12H2,1H3;2-6H,11H2,1H3;2*1-4H,12H2;1-5H,11H2;1-5H,9H2. The molecule has 13 N–H and O–H groups in total. The number of aromatic nitrogens is 8. The second-order valence-corrected chi connectivity index (χ2v) is 22.0. The molecule has 508 valence electrons. The van der Waals surface area contributed by atoms with Crippen LogP contribution in [0.25, 0.3) is 78.0 Å². The summed E-state index contributed by atoms with van der Waals surface area (Å²) in [6.45, 7) is 9.13. The lowest BCUT2D eigenvalue weighted by Crippen LogP contribution is -2.27. The minimum Gasteiger partial charge on any atom is -0.367 e. The maximum Gasteiger partial charge on any atom is 0.239 e. The van der Waals surface area contributed by atoms with E-state index >= 15 is 0 Å². The van der Waals surface area contributed by atoms with Gasteiger partial charge >= 0.3 is 0 Å². The molecule has 0 saturated carbocycles. The molecule has 0 aliphatic heterocycles. The Hall–Kier alpha value is -12.9. The third-order valence-corrected chi connectivity index (χ3v) is 13.8. The summed E-state index contributed by atoms with van der Waals surface area (Å²) in [5.41, 5.74) is 43.4. The number of carbonyl (C=O) groups is 1. The number of hydrogen-bond donors (Lipinski definition) is 7. The van der Waals surface area contributed by atoms with Gasteiger partial charge in [-0.15, -0.1) is 0 Å². The fraction of sp³-hybridized carbons (Fsp3) is 0.0870. The van der Waals surface area contributed by atoms with Crippen molar-refractivity contribution >= 4 is 58.7 Å². The van der Waals surface area contributed by atoms with E-state index in [9.17, 15) is 31.1 Å². The Labute approximate surface area is 564 Å². The quantitative estimate of drug-likeness (QED) is 0.0695. The smallest absolute Gasteiger partial charge is 0.239 e. The summed E-state index contributed by atoms with van der Waals surface area (Å²) < 4.78 is 110. The molecule has 0 fully saturated rings. The molecule has 0 atom stereocenters. The number of nitrogens with zero attached hydrogens (tertiary/aromatic N) is 8. The molecule has 8 heterocycles. The molecule has 0 radical (unpaired) electrons. The lowest BCUT2D eigenvalue weighted by atomic mass is 9.95. The molecule has 0 aliphatic rings. The van der Waals surface area contributed by atoms with Crippen LogP contribution in [0.15, 0.2) is 227 Å². The minimum absolute atomic E-state index is 0.00973. The Balaban J connectivity index is 0.000000148. The van der Waals surface area contributed by atoms with Crippen LogP contribution in [-0.2, 0) is 4.79 Å². The van der Waals surface area contributed by atoms with Crippen molar-refractivity contribution in [1.82, 2.24) is 41.1 Å². The topological polar surface area (TPSA) is 380 Å². The van der Waals surface area contributed by atoms with E-state index in [0.29, 0.717) is 56.1 Å². The van der Waals surface area contributed by atoms with Gasteiger partial charge in [-0.25, -0.2) is 26.3 Å². The van der Waals surface area contributed by atoms with Crippen molar-refractivity contribution in [3.63, 3.8) is 0 Å². The van der Waals surface area contributed by atoms with Crippen LogP contribution in [0.2, 0.25) is 5.02 Å². The maximum atomic E-state index is 13.2. The largest absolute Gasteiger partial charge is 0.367 e. The number of halogens is 7. The average molecular weight is 1380 g/mol.